The lowest BCUT2D eigenvalue weighted by molar-refractivity contribution is -0.135. The first-order valence-corrected chi connectivity index (χ1v) is 5.84. The standard InChI is InChI=1S/C11H21N3O2/c1-8(12)7-10(15)13-9(2)11(16)14-5-3-4-6-14/h8-9H,3-7,12H2,1-2H3,(H,13,15). The van der Waals surface area contributed by atoms with Gasteiger partial charge >= 0.3 is 0 Å². The normalized spacial score (nSPS) is 19.3. The second-order valence-electron chi connectivity index (χ2n) is 4.50. The van der Waals surface area contributed by atoms with Crippen LogP contribution in [0.2, 0.25) is 0 Å². The van der Waals surface area contributed by atoms with Crippen molar-refractivity contribution in [2.45, 2.75) is 45.2 Å². The molecule has 16 heavy (non-hydrogen) atoms. The highest BCUT2D eigenvalue weighted by atomic mass is 16.2. The molecule has 1 aliphatic rings. The molecule has 3 N–H and O–H groups in total. The fraction of sp³-hybridized carbons (Fsp3) is 0.818. The Morgan fingerprint density at radius 3 is 2.38 bits per heavy atom. The van der Waals surface area contributed by atoms with Crippen LogP contribution in [0.5, 0.6) is 0 Å². The number of amides is 2. The van der Waals surface area contributed by atoms with Crippen molar-refractivity contribution in [3.8, 4) is 0 Å². The number of hydrogen-bond acceptors (Lipinski definition) is 3. The zero-order valence-corrected chi connectivity index (χ0v) is 10.0. The van der Waals surface area contributed by atoms with E-state index in [2.05, 4.69) is 5.32 Å². The van der Waals surface area contributed by atoms with Crippen molar-refractivity contribution in [3.05, 3.63) is 0 Å². The predicted molar refractivity (Wildman–Crippen MR) is 61.7 cm³/mol. The number of rotatable bonds is 4. The zero-order valence-electron chi connectivity index (χ0n) is 10.0. The van der Waals surface area contributed by atoms with E-state index in [9.17, 15) is 9.59 Å². The SMILES string of the molecule is CC(N)CC(=O)NC(C)C(=O)N1CCCC1. The van der Waals surface area contributed by atoms with Gasteiger partial charge in [0, 0.05) is 25.6 Å². The Morgan fingerprint density at radius 2 is 1.88 bits per heavy atom. The van der Waals surface area contributed by atoms with Crippen LogP contribution in [-0.4, -0.2) is 41.9 Å². The van der Waals surface area contributed by atoms with E-state index in [0.29, 0.717) is 0 Å². The van der Waals surface area contributed by atoms with Crippen molar-refractivity contribution in [2.24, 2.45) is 5.73 Å². The minimum atomic E-state index is -0.440. The molecule has 1 aliphatic heterocycles. The first-order valence-electron chi connectivity index (χ1n) is 5.84. The lowest BCUT2D eigenvalue weighted by Crippen LogP contribution is -2.46. The molecular formula is C11H21N3O2. The number of nitrogens with zero attached hydrogens (tertiary/aromatic N) is 1. The van der Waals surface area contributed by atoms with E-state index >= 15 is 0 Å². The molecule has 0 radical (unpaired) electrons. The summed E-state index contributed by atoms with van der Waals surface area (Å²) < 4.78 is 0. The van der Waals surface area contributed by atoms with Gasteiger partial charge in [0.15, 0.2) is 0 Å². The Bertz CT molecular complexity index is 260. The Labute approximate surface area is 96.4 Å². The topological polar surface area (TPSA) is 75.4 Å². The van der Waals surface area contributed by atoms with Gasteiger partial charge in [-0.15, -0.1) is 0 Å². The monoisotopic (exact) mass is 227 g/mol. The van der Waals surface area contributed by atoms with Gasteiger partial charge in [-0.05, 0) is 26.7 Å². The maximum absolute atomic E-state index is 11.8. The molecule has 92 valence electrons. The van der Waals surface area contributed by atoms with E-state index in [-0.39, 0.29) is 24.3 Å². The molecule has 0 aliphatic carbocycles. The molecule has 0 aromatic carbocycles. The number of nitrogens with two attached hydrogens (primary N) is 1. The third kappa shape index (κ3) is 3.81. The molecule has 0 saturated carbocycles. The molecule has 5 heteroatoms. The Morgan fingerprint density at radius 1 is 1.31 bits per heavy atom. The van der Waals surface area contributed by atoms with E-state index in [1.54, 1.807) is 18.7 Å². The van der Waals surface area contributed by atoms with Crippen LogP contribution in [0, 0.1) is 0 Å². The smallest absolute Gasteiger partial charge is 0.244 e. The second kappa shape index (κ2) is 5.84. The molecule has 1 rings (SSSR count). The molecule has 0 spiro atoms. The average Bonchev–Trinajstić information content (AvgIpc) is 2.67. The van der Waals surface area contributed by atoms with Crippen LogP contribution < -0.4 is 11.1 Å². The van der Waals surface area contributed by atoms with Crippen LogP contribution in [0.15, 0.2) is 0 Å². The summed E-state index contributed by atoms with van der Waals surface area (Å²) >= 11 is 0. The van der Waals surface area contributed by atoms with Gasteiger partial charge in [-0.1, -0.05) is 0 Å². The van der Waals surface area contributed by atoms with Crippen LogP contribution in [-0.2, 0) is 9.59 Å². The average molecular weight is 227 g/mol. The molecule has 1 fully saturated rings. The van der Waals surface area contributed by atoms with Gasteiger partial charge < -0.3 is 16.0 Å². The minimum absolute atomic E-state index is 0.00974. The number of carbonyl (C=O) groups excluding carboxylic acids is 2. The van der Waals surface area contributed by atoms with E-state index in [1.165, 1.54) is 0 Å². The summed E-state index contributed by atoms with van der Waals surface area (Å²) in [6, 6.07) is -0.613. The molecule has 1 heterocycles. The highest BCUT2D eigenvalue weighted by Gasteiger charge is 2.24. The molecule has 0 aromatic rings. The fourth-order valence-electron chi connectivity index (χ4n) is 1.87. The van der Waals surface area contributed by atoms with E-state index < -0.39 is 6.04 Å². The summed E-state index contributed by atoms with van der Waals surface area (Å²) in [5.41, 5.74) is 5.51. The van der Waals surface area contributed by atoms with Gasteiger partial charge in [-0.2, -0.15) is 0 Å². The van der Waals surface area contributed by atoms with Crippen molar-refractivity contribution in [2.75, 3.05) is 13.1 Å². The Kier molecular flexibility index (Phi) is 4.73. The molecule has 0 aromatic heterocycles. The van der Waals surface area contributed by atoms with E-state index in [0.717, 1.165) is 25.9 Å². The highest BCUT2D eigenvalue weighted by Crippen LogP contribution is 2.08. The number of carbonyl (C=O) groups is 2. The van der Waals surface area contributed by atoms with E-state index in [4.69, 9.17) is 5.73 Å². The van der Waals surface area contributed by atoms with Gasteiger partial charge in [-0.25, -0.2) is 0 Å². The maximum Gasteiger partial charge on any atom is 0.244 e. The molecule has 2 atom stereocenters. The number of likely N-dealkylation sites (tertiary alicyclic amines) is 1. The molecular weight excluding hydrogens is 206 g/mol. The summed E-state index contributed by atoms with van der Waals surface area (Å²) in [6.07, 6.45) is 2.39. The fourth-order valence-corrected chi connectivity index (χ4v) is 1.87. The first kappa shape index (κ1) is 13.0. The van der Waals surface area contributed by atoms with Crippen LogP contribution in [0.25, 0.3) is 0 Å². The van der Waals surface area contributed by atoms with Crippen LogP contribution in [0.1, 0.15) is 33.1 Å². The van der Waals surface area contributed by atoms with Crippen molar-refractivity contribution >= 4 is 11.8 Å². The van der Waals surface area contributed by atoms with Gasteiger partial charge in [0.2, 0.25) is 11.8 Å². The number of nitrogens with one attached hydrogen (secondary N) is 1. The van der Waals surface area contributed by atoms with Crippen molar-refractivity contribution in [1.82, 2.24) is 10.2 Å². The Balaban J connectivity index is 2.35. The molecule has 1 saturated heterocycles. The van der Waals surface area contributed by atoms with E-state index in [1.807, 2.05) is 0 Å². The predicted octanol–water partition coefficient (Wildman–Crippen LogP) is -0.149. The Hall–Kier alpha value is -1.10. The minimum Gasteiger partial charge on any atom is -0.345 e. The van der Waals surface area contributed by atoms with Crippen molar-refractivity contribution < 1.29 is 9.59 Å². The second-order valence-corrected chi connectivity index (χ2v) is 4.50. The summed E-state index contributed by atoms with van der Waals surface area (Å²) in [4.78, 5) is 25.1. The quantitative estimate of drug-likeness (QED) is 0.701. The van der Waals surface area contributed by atoms with Crippen molar-refractivity contribution in [1.29, 1.82) is 0 Å². The third-order valence-electron chi connectivity index (χ3n) is 2.67. The number of hydrogen-bond donors (Lipinski definition) is 2. The summed E-state index contributed by atoms with van der Waals surface area (Å²) in [5.74, 6) is -0.148. The molecule has 2 unspecified atom stereocenters. The van der Waals surface area contributed by atoms with Crippen LogP contribution in [0.3, 0.4) is 0 Å². The third-order valence-corrected chi connectivity index (χ3v) is 2.67. The largest absolute Gasteiger partial charge is 0.345 e. The van der Waals surface area contributed by atoms with Gasteiger partial charge in [0.25, 0.3) is 0 Å². The van der Waals surface area contributed by atoms with Gasteiger partial charge in [-0.3, -0.25) is 9.59 Å². The molecule has 0 bridgehead atoms. The van der Waals surface area contributed by atoms with Gasteiger partial charge in [0.05, 0.1) is 0 Å². The maximum atomic E-state index is 11.8. The lowest BCUT2D eigenvalue weighted by atomic mass is 10.2. The highest BCUT2D eigenvalue weighted by molar-refractivity contribution is 5.87. The summed E-state index contributed by atoms with van der Waals surface area (Å²) in [6.45, 7) is 5.12. The first-order chi connectivity index (χ1) is 7.50. The van der Waals surface area contributed by atoms with Crippen LogP contribution in [0.4, 0.5) is 0 Å². The van der Waals surface area contributed by atoms with Crippen molar-refractivity contribution in [3.63, 3.8) is 0 Å². The summed E-state index contributed by atoms with van der Waals surface area (Å²) in [7, 11) is 0. The lowest BCUT2D eigenvalue weighted by Gasteiger charge is -2.21. The molecule has 2 amide bonds. The summed E-state index contributed by atoms with van der Waals surface area (Å²) in [5, 5.41) is 2.68. The van der Waals surface area contributed by atoms with Gasteiger partial charge in [0.1, 0.15) is 6.04 Å². The zero-order chi connectivity index (χ0) is 12.1. The molecule has 5 nitrogen and oxygen atoms in total. The van der Waals surface area contributed by atoms with Crippen LogP contribution >= 0.6 is 0 Å².